The molecule has 1 aliphatic carbocycles. The maximum atomic E-state index is 12.5. The topological polar surface area (TPSA) is 38.3 Å². The standard InChI is InChI=1S/C22H27NO2/c1-15-8-11-21(12-16(15)2)25-14-17(3)23-22(24)20-10-9-18-6-4-5-7-19(18)13-20/h8-13,17H,4-7,14H2,1-3H3,(H,23,24)/t17-/m1/s1. The predicted molar refractivity (Wildman–Crippen MR) is 101 cm³/mol. The number of aryl methyl sites for hydroxylation is 4. The molecule has 0 radical (unpaired) electrons. The van der Waals surface area contributed by atoms with Crippen LogP contribution in [0.2, 0.25) is 0 Å². The molecule has 2 aromatic carbocycles. The van der Waals surface area contributed by atoms with Crippen LogP contribution in [-0.2, 0) is 12.8 Å². The Labute approximate surface area is 150 Å². The van der Waals surface area contributed by atoms with Gasteiger partial charge in [0.1, 0.15) is 12.4 Å². The largest absolute Gasteiger partial charge is 0.491 e. The Morgan fingerprint density at radius 2 is 1.80 bits per heavy atom. The highest BCUT2D eigenvalue weighted by Gasteiger charge is 2.14. The number of rotatable bonds is 5. The molecule has 3 heteroatoms. The van der Waals surface area contributed by atoms with Crippen molar-refractivity contribution < 1.29 is 9.53 Å². The second kappa shape index (κ2) is 7.73. The van der Waals surface area contributed by atoms with E-state index in [0.29, 0.717) is 6.61 Å². The summed E-state index contributed by atoms with van der Waals surface area (Å²) in [5, 5.41) is 3.04. The van der Waals surface area contributed by atoms with Crippen LogP contribution < -0.4 is 10.1 Å². The Hall–Kier alpha value is -2.29. The fraction of sp³-hybridized carbons (Fsp3) is 0.409. The van der Waals surface area contributed by atoms with E-state index in [-0.39, 0.29) is 11.9 Å². The van der Waals surface area contributed by atoms with Crippen LogP contribution in [0.3, 0.4) is 0 Å². The van der Waals surface area contributed by atoms with Gasteiger partial charge in [0.25, 0.3) is 5.91 Å². The fourth-order valence-corrected chi connectivity index (χ4v) is 3.25. The molecule has 1 N–H and O–H groups in total. The first-order valence-electron chi connectivity index (χ1n) is 9.15. The summed E-state index contributed by atoms with van der Waals surface area (Å²) < 4.78 is 5.82. The fourth-order valence-electron chi connectivity index (χ4n) is 3.25. The summed E-state index contributed by atoms with van der Waals surface area (Å²) in [6.45, 7) is 6.58. The zero-order valence-electron chi connectivity index (χ0n) is 15.4. The third kappa shape index (κ3) is 4.41. The number of hydrogen-bond donors (Lipinski definition) is 1. The van der Waals surface area contributed by atoms with Gasteiger partial charge in [-0.15, -0.1) is 0 Å². The van der Waals surface area contributed by atoms with Gasteiger partial charge in [-0.1, -0.05) is 12.1 Å². The highest BCUT2D eigenvalue weighted by molar-refractivity contribution is 5.94. The first-order chi connectivity index (χ1) is 12.0. The molecule has 0 spiro atoms. The van der Waals surface area contributed by atoms with Crippen molar-refractivity contribution in [2.45, 2.75) is 52.5 Å². The average molecular weight is 337 g/mol. The van der Waals surface area contributed by atoms with Crippen molar-refractivity contribution >= 4 is 5.91 Å². The van der Waals surface area contributed by atoms with E-state index in [1.165, 1.54) is 35.1 Å². The summed E-state index contributed by atoms with van der Waals surface area (Å²) in [6.07, 6.45) is 4.70. The van der Waals surface area contributed by atoms with Gasteiger partial charge in [0.2, 0.25) is 0 Å². The van der Waals surface area contributed by atoms with Crippen LogP contribution in [-0.4, -0.2) is 18.6 Å². The van der Waals surface area contributed by atoms with E-state index in [0.717, 1.165) is 24.2 Å². The van der Waals surface area contributed by atoms with Crippen LogP contribution in [0.4, 0.5) is 0 Å². The number of carbonyl (C=O) groups is 1. The van der Waals surface area contributed by atoms with Gasteiger partial charge in [-0.2, -0.15) is 0 Å². The lowest BCUT2D eigenvalue weighted by molar-refractivity contribution is 0.0926. The Balaban J connectivity index is 1.56. The van der Waals surface area contributed by atoms with E-state index in [1.54, 1.807) is 0 Å². The Morgan fingerprint density at radius 3 is 2.56 bits per heavy atom. The minimum Gasteiger partial charge on any atom is -0.491 e. The molecule has 132 valence electrons. The Bertz CT molecular complexity index is 767. The predicted octanol–water partition coefficient (Wildman–Crippen LogP) is 4.38. The van der Waals surface area contributed by atoms with E-state index in [2.05, 4.69) is 37.4 Å². The van der Waals surface area contributed by atoms with Crippen LogP contribution in [0.15, 0.2) is 36.4 Å². The van der Waals surface area contributed by atoms with Gasteiger partial charge in [-0.3, -0.25) is 4.79 Å². The van der Waals surface area contributed by atoms with Gasteiger partial charge in [-0.05, 0) is 93.0 Å². The minimum atomic E-state index is -0.0508. The molecular formula is C22H27NO2. The molecule has 0 saturated heterocycles. The van der Waals surface area contributed by atoms with Crippen LogP contribution in [0.1, 0.15) is 52.4 Å². The molecule has 0 unspecified atom stereocenters. The van der Waals surface area contributed by atoms with Crippen LogP contribution >= 0.6 is 0 Å². The number of nitrogens with one attached hydrogen (secondary N) is 1. The molecule has 25 heavy (non-hydrogen) atoms. The normalized spacial score (nSPS) is 14.5. The lowest BCUT2D eigenvalue weighted by Crippen LogP contribution is -2.36. The summed E-state index contributed by atoms with van der Waals surface area (Å²) in [7, 11) is 0. The van der Waals surface area contributed by atoms with Crippen molar-refractivity contribution in [2.24, 2.45) is 0 Å². The number of benzene rings is 2. The Kier molecular flexibility index (Phi) is 5.42. The second-order valence-corrected chi connectivity index (χ2v) is 7.12. The lowest BCUT2D eigenvalue weighted by atomic mass is 9.90. The van der Waals surface area contributed by atoms with Gasteiger partial charge in [-0.25, -0.2) is 0 Å². The van der Waals surface area contributed by atoms with Gasteiger partial charge in [0, 0.05) is 5.56 Å². The molecule has 0 aromatic heterocycles. The molecule has 0 bridgehead atoms. The smallest absolute Gasteiger partial charge is 0.251 e. The summed E-state index contributed by atoms with van der Waals surface area (Å²) in [4.78, 5) is 12.5. The molecule has 3 nitrogen and oxygen atoms in total. The van der Waals surface area contributed by atoms with E-state index >= 15 is 0 Å². The van der Waals surface area contributed by atoms with Crippen molar-refractivity contribution in [1.82, 2.24) is 5.32 Å². The molecule has 0 saturated carbocycles. The number of carbonyl (C=O) groups excluding carboxylic acids is 1. The summed E-state index contributed by atoms with van der Waals surface area (Å²) in [5.41, 5.74) is 5.94. The van der Waals surface area contributed by atoms with E-state index in [9.17, 15) is 4.79 Å². The molecule has 0 fully saturated rings. The summed E-state index contributed by atoms with van der Waals surface area (Å²) >= 11 is 0. The quantitative estimate of drug-likeness (QED) is 0.879. The SMILES string of the molecule is Cc1ccc(OC[C@@H](C)NC(=O)c2ccc3c(c2)CCCC3)cc1C. The molecular weight excluding hydrogens is 310 g/mol. The maximum Gasteiger partial charge on any atom is 0.251 e. The highest BCUT2D eigenvalue weighted by Crippen LogP contribution is 2.22. The molecule has 0 aliphatic heterocycles. The number of hydrogen-bond acceptors (Lipinski definition) is 2. The molecule has 0 heterocycles. The number of amides is 1. The van der Waals surface area contributed by atoms with E-state index in [1.807, 2.05) is 25.1 Å². The first kappa shape index (κ1) is 17.5. The van der Waals surface area contributed by atoms with Crippen molar-refractivity contribution in [2.75, 3.05) is 6.61 Å². The molecule has 1 atom stereocenters. The van der Waals surface area contributed by atoms with E-state index in [4.69, 9.17) is 4.74 Å². The van der Waals surface area contributed by atoms with Gasteiger partial charge < -0.3 is 10.1 Å². The maximum absolute atomic E-state index is 12.5. The third-order valence-corrected chi connectivity index (χ3v) is 4.97. The van der Waals surface area contributed by atoms with Crippen molar-refractivity contribution in [3.8, 4) is 5.75 Å². The van der Waals surface area contributed by atoms with Crippen molar-refractivity contribution in [3.63, 3.8) is 0 Å². The Morgan fingerprint density at radius 1 is 1.04 bits per heavy atom. The van der Waals surface area contributed by atoms with Gasteiger partial charge in [0.05, 0.1) is 6.04 Å². The minimum absolute atomic E-state index is 0.0236. The van der Waals surface area contributed by atoms with Crippen LogP contribution in [0.5, 0.6) is 5.75 Å². The monoisotopic (exact) mass is 337 g/mol. The molecule has 1 amide bonds. The lowest BCUT2D eigenvalue weighted by Gasteiger charge is -2.18. The van der Waals surface area contributed by atoms with Gasteiger partial charge in [0.15, 0.2) is 0 Å². The number of fused-ring (bicyclic) bond motifs is 1. The van der Waals surface area contributed by atoms with Crippen LogP contribution in [0.25, 0.3) is 0 Å². The zero-order valence-corrected chi connectivity index (χ0v) is 15.4. The third-order valence-electron chi connectivity index (χ3n) is 4.97. The van der Waals surface area contributed by atoms with Gasteiger partial charge >= 0.3 is 0 Å². The number of ether oxygens (including phenoxy) is 1. The summed E-state index contributed by atoms with van der Waals surface area (Å²) in [5.74, 6) is 0.822. The zero-order chi connectivity index (χ0) is 17.8. The summed E-state index contributed by atoms with van der Waals surface area (Å²) in [6, 6.07) is 12.1. The van der Waals surface area contributed by atoms with E-state index < -0.39 is 0 Å². The van der Waals surface area contributed by atoms with Crippen LogP contribution in [0, 0.1) is 13.8 Å². The molecule has 3 rings (SSSR count). The second-order valence-electron chi connectivity index (χ2n) is 7.12. The molecule has 2 aromatic rings. The average Bonchev–Trinajstić information content (AvgIpc) is 2.62. The van der Waals surface area contributed by atoms with Crippen molar-refractivity contribution in [1.29, 1.82) is 0 Å². The first-order valence-corrected chi connectivity index (χ1v) is 9.15. The molecule has 1 aliphatic rings. The van der Waals surface area contributed by atoms with Crippen molar-refractivity contribution in [3.05, 3.63) is 64.2 Å². The highest BCUT2D eigenvalue weighted by atomic mass is 16.5.